The summed E-state index contributed by atoms with van der Waals surface area (Å²) < 4.78 is 0. The van der Waals surface area contributed by atoms with Crippen LogP contribution in [0.2, 0.25) is 0 Å². The minimum absolute atomic E-state index is 0. The molecule has 2 fully saturated rings. The first kappa shape index (κ1) is 31.3. The molecule has 2 aliphatic rings. The van der Waals surface area contributed by atoms with Gasteiger partial charge < -0.3 is 5.73 Å². The van der Waals surface area contributed by atoms with Gasteiger partial charge in [0.2, 0.25) is 0 Å². The van der Waals surface area contributed by atoms with Crippen LogP contribution in [0, 0.1) is 62.2 Å². The van der Waals surface area contributed by atoms with E-state index in [0.29, 0.717) is 0 Å². The van der Waals surface area contributed by atoms with Gasteiger partial charge in [0, 0.05) is 23.3 Å². The van der Waals surface area contributed by atoms with Crippen LogP contribution in [0.25, 0.3) is 0 Å². The summed E-state index contributed by atoms with van der Waals surface area (Å²) in [6, 6.07) is 43.1. The van der Waals surface area contributed by atoms with Gasteiger partial charge >= 0.3 is 19.5 Å². The van der Waals surface area contributed by atoms with Gasteiger partial charge in [0.15, 0.2) is 0 Å². The van der Waals surface area contributed by atoms with Gasteiger partial charge in [-0.25, -0.2) is 0 Å². The number of nitrogens with two attached hydrogens (primary N) is 1. The Morgan fingerprint density at radius 1 is 0.475 bits per heavy atom. The summed E-state index contributed by atoms with van der Waals surface area (Å²) in [6.45, 7) is 2.06. The fraction of sp³-hybridized carbons (Fsp3) is 0.0556. The van der Waals surface area contributed by atoms with Gasteiger partial charge in [-0.05, 0) is 88.9 Å². The Hall–Kier alpha value is -1.68. The van der Waals surface area contributed by atoms with Crippen LogP contribution in [0.4, 0.5) is 0 Å². The van der Waals surface area contributed by atoms with Crippen LogP contribution in [-0.2, 0) is 19.5 Å². The molecule has 2 saturated carbocycles. The van der Waals surface area contributed by atoms with Crippen LogP contribution in [0.15, 0.2) is 121 Å². The van der Waals surface area contributed by atoms with E-state index in [4.69, 9.17) is 5.73 Å². The average Bonchev–Trinajstić information content (AvgIpc) is 3.70. The fourth-order valence-corrected chi connectivity index (χ4v) is 9.58. The molecule has 1 atom stereocenters. The third kappa shape index (κ3) is 7.99. The molecule has 0 saturated heterocycles. The van der Waals surface area contributed by atoms with E-state index in [0.717, 1.165) is 0 Å². The monoisotopic (exact) mass is 643 g/mol. The van der Waals surface area contributed by atoms with Gasteiger partial charge in [0.25, 0.3) is 0 Å². The SMILES string of the molecule is CC(N)[C]1[CH][CH][CH][C]1P(c1ccccc1)c1ccccc1.[CH]1[CH][CH][C](P(c2ccccc2)c2ccccc2)[CH]1.[Ru+2]. The van der Waals surface area contributed by atoms with E-state index in [1.807, 2.05) is 0 Å². The summed E-state index contributed by atoms with van der Waals surface area (Å²) in [5.74, 6) is 1.26. The van der Waals surface area contributed by atoms with Crippen molar-refractivity contribution in [2.24, 2.45) is 5.73 Å². The predicted octanol–water partition coefficient (Wildman–Crippen LogP) is 6.68. The molecule has 4 aromatic rings. The first-order valence-electron chi connectivity index (χ1n) is 13.3. The molecule has 40 heavy (non-hydrogen) atoms. The van der Waals surface area contributed by atoms with Crippen molar-refractivity contribution in [3.63, 3.8) is 0 Å². The van der Waals surface area contributed by atoms with Crippen LogP contribution in [0.5, 0.6) is 0 Å². The Bertz CT molecular complexity index is 1150. The predicted molar refractivity (Wildman–Crippen MR) is 172 cm³/mol. The summed E-state index contributed by atoms with van der Waals surface area (Å²) in [6.07, 6.45) is 15.2. The van der Waals surface area contributed by atoms with E-state index in [1.165, 1.54) is 38.5 Å². The molecule has 1 nitrogen and oxygen atoms in total. The van der Waals surface area contributed by atoms with E-state index < -0.39 is 15.8 Å². The third-order valence-electron chi connectivity index (χ3n) is 6.52. The van der Waals surface area contributed by atoms with Crippen molar-refractivity contribution < 1.29 is 19.5 Å². The van der Waals surface area contributed by atoms with E-state index >= 15 is 0 Å². The molecule has 198 valence electrons. The number of benzene rings is 4. The number of hydrogen-bond acceptors (Lipinski definition) is 1. The second kappa shape index (κ2) is 16.1. The molecule has 4 aromatic carbocycles. The Labute approximate surface area is 257 Å². The molecule has 0 heterocycles. The Morgan fingerprint density at radius 2 is 0.850 bits per heavy atom. The van der Waals surface area contributed by atoms with E-state index in [9.17, 15) is 0 Å². The summed E-state index contributed by atoms with van der Waals surface area (Å²) in [7, 11) is -0.951. The molecule has 4 heteroatoms. The molecule has 2 aliphatic carbocycles. The van der Waals surface area contributed by atoms with Gasteiger partial charge in [0.05, 0.1) is 0 Å². The molecular formula is C36H33NP2Ru+2. The van der Waals surface area contributed by atoms with Crippen LogP contribution in [-0.4, -0.2) is 6.04 Å². The Kier molecular flexibility index (Phi) is 12.6. The normalized spacial score (nSPS) is 16.9. The van der Waals surface area contributed by atoms with Crippen molar-refractivity contribution in [1.82, 2.24) is 0 Å². The maximum atomic E-state index is 6.16. The minimum atomic E-state index is -0.542. The molecule has 1 unspecified atom stereocenters. The van der Waals surface area contributed by atoms with Crippen molar-refractivity contribution in [3.8, 4) is 0 Å². The maximum Gasteiger partial charge on any atom is 2.00 e. The molecule has 0 bridgehead atoms. The van der Waals surface area contributed by atoms with E-state index in [2.05, 4.69) is 173 Å². The van der Waals surface area contributed by atoms with E-state index in [1.54, 1.807) is 0 Å². The van der Waals surface area contributed by atoms with Crippen LogP contribution in [0.3, 0.4) is 0 Å². The molecule has 0 amide bonds. The van der Waals surface area contributed by atoms with Crippen molar-refractivity contribution in [3.05, 3.63) is 184 Å². The minimum Gasteiger partial charge on any atom is -0.327 e. The zero-order valence-corrected chi connectivity index (χ0v) is 26.0. The molecular weight excluding hydrogens is 609 g/mol. The first-order valence-corrected chi connectivity index (χ1v) is 15.9. The second-order valence-electron chi connectivity index (χ2n) is 9.31. The van der Waals surface area contributed by atoms with E-state index in [-0.39, 0.29) is 25.5 Å². The standard InChI is InChI=1S/C19H19NP.C17H14P.Ru/c1-15(20)18-13-8-14-19(18)21(16-9-4-2-5-10-16)17-11-6-3-7-12-17;1-3-9-15(10-4-1)18(17-13-7-8-14-17)16-11-5-2-6-12-16;/h2-15H,20H2,1H3;1-14H;/q;;+2. The van der Waals surface area contributed by atoms with Crippen molar-refractivity contribution >= 4 is 37.1 Å². The zero-order chi connectivity index (χ0) is 26.9. The molecule has 0 spiro atoms. The van der Waals surface area contributed by atoms with Gasteiger partial charge in [-0.1, -0.05) is 121 Å². The van der Waals surface area contributed by atoms with Crippen LogP contribution in [0.1, 0.15) is 6.92 Å². The third-order valence-corrected chi connectivity index (χ3v) is 11.5. The molecule has 10 radical (unpaired) electrons. The topological polar surface area (TPSA) is 26.0 Å². The van der Waals surface area contributed by atoms with Gasteiger partial charge in [-0.2, -0.15) is 0 Å². The van der Waals surface area contributed by atoms with Crippen molar-refractivity contribution in [1.29, 1.82) is 0 Å². The first-order chi connectivity index (χ1) is 19.2. The van der Waals surface area contributed by atoms with Gasteiger partial charge in [0.1, 0.15) is 0 Å². The van der Waals surface area contributed by atoms with Crippen LogP contribution < -0.4 is 27.0 Å². The molecule has 6 rings (SSSR count). The number of hydrogen-bond donors (Lipinski definition) is 1. The second-order valence-corrected chi connectivity index (χ2v) is 13.7. The Balaban J connectivity index is 0.000000182. The van der Waals surface area contributed by atoms with Crippen molar-refractivity contribution in [2.75, 3.05) is 0 Å². The smallest absolute Gasteiger partial charge is 0.327 e. The maximum absolute atomic E-state index is 6.16. The molecule has 2 N–H and O–H groups in total. The fourth-order valence-electron chi connectivity index (χ4n) is 4.71. The molecule has 0 aliphatic heterocycles. The average molecular weight is 643 g/mol. The zero-order valence-electron chi connectivity index (χ0n) is 22.5. The summed E-state index contributed by atoms with van der Waals surface area (Å²) in [5, 5.41) is 5.55. The quantitative estimate of drug-likeness (QED) is 0.177. The van der Waals surface area contributed by atoms with Gasteiger partial charge in [-0.15, -0.1) is 0 Å². The summed E-state index contributed by atoms with van der Waals surface area (Å²) in [5.41, 5.74) is 8.95. The van der Waals surface area contributed by atoms with Gasteiger partial charge in [-0.3, -0.25) is 0 Å². The Morgan fingerprint density at radius 3 is 1.23 bits per heavy atom. The summed E-state index contributed by atoms with van der Waals surface area (Å²) in [4.78, 5) is 0. The van der Waals surface area contributed by atoms with Crippen molar-refractivity contribution in [2.45, 2.75) is 13.0 Å². The summed E-state index contributed by atoms with van der Waals surface area (Å²) >= 11 is 0. The van der Waals surface area contributed by atoms with Crippen LogP contribution >= 0.6 is 15.8 Å². The number of rotatable bonds is 7. The molecule has 0 aromatic heterocycles. The largest absolute Gasteiger partial charge is 2.00 e.